The normalized spacial score (nSPS) is 40.8. The van der Waals surface area contributed by atoms with E-state index in [1.54, 1.807) is 0 Å². The van der Waals surface area contributed by atoms with E-state index in [1.807, 2.05) is 0 Å². The molecule has 1 rings (SSSR count). The lowest BCUT2D eigenvalue weighted by Crippen LogP contribution is -2.23. The van der Waals surface area contributed by atoms with Crippen molar-refractivity contribution >= 4 is 0 Å². The molecule has 0 aliphatic carbocycles. The van der Waals surface area contributed by atoms with Gasteiger partial charge < -0.3 is 0 Å². The van der Waals surface area contributed by atoms with Crippen LogP contribution in [0, 0.1) is 4.91 Å². The molecule has 3 heteroatoms. The summed E-state index contributed by atoms with van der Waals surface area (Å²) in [7, 11) is 0. The number of nitroso groups, excluding NO2 is 1. The molecule has 1 aliphatic rings. The molecule has 1 aliphatic heterocycles. The van der Waals surface area contributed by atoms with E-state index in [0.717, 1.165) is 0 Å². The van der Waals surface area contributed by atoms with Crippen LogP contribution < -0.4 is 0 Å². The third-order valence-corrected chi connectivity index (χ3v) is 0.978. The van der Waals surface area contributed by atoms with Crippen molar-refractivity contribution in [2.24, 2.45) is 5.29 Å². The summed E-state index contributed by atoms with van der Waals surface area (Å²) in [6, 6.07) is 0. The van der Waals surface area contributed by atoms with Gasteiger partial charge in [-0.1, -0.05) is 0 Å². The first-order chi connectivity index (χ1) is 5.42. The number of piperidine rings is 1. The second-order valence-corrected chi connectivity index (χ2v) is 1.60. The van der Waals surface area contributed by atoms with Crippen LogP contribution in [0.4, 0.5) is 0 Å². The van der Waals surface area contributed by atoms with Gasteiger partial charge in [0.2, 0.25) is 0 Å². The van der Waals surface area contributed by atoms with Gasteiger partial charge in [-0.2, -0.15) is 0 Å². The summed E-state index contributed by atoms with van der Waals surface area (Å²) >= 11 is 0. The Kier molecular flexibility index (Phi) is 0.771. The quantitative estimate of drug-likeness (QED) is 0.484. The number of nitrogens with zero attached hydrogens (tertiary/aromatic N) is 2. The summed E-state index contributed by atoms with van der Waals surface area (Å²) in [5.74, 6) is 0. The maximum Gasteiger partial charge on any atom is 0.0523 e. The molecule has 0 bridgehead atoms. The van der Waals surface area contributed by atoms with Crippen LogP contribution in [0.3, 0.4) is 0 Å². The lowest BCUT2D eigenvalue weighted by molar-refractivity contribution is 0.236. The molecule has 3 nitrogen and oxygen atoms in total. The van der Waals surface area contributed by atoms with Gasteiger partial charge in [0.1, 0.15) is 0 Å². The topological polar surface area (TPSA) is 32.7 Å². The fourth-order valence-electron chi connectivity index (χ4n) is 0.582. The Balaban J connectivity index is 2.89. The van der Waals surface area contributed by atoms with Crippen LogP contribution in [-0.4, -0.2) is 18.1 Å². The zero-order valence-electron chi connectivity index (χ0n) is 8.42. The Morgan fingerprint density at radius 1 is 1.62 bits per heavy atom. The predicted molar refractivity (Wildman–Crippen MR) is 31.2 cm³/mol. The number of hydrogen-bond donors (Lipinski definition) is 0. The van der Waals surface area contributed by atoms with Crippen LogP contribution in [0.1, 0.15) is 24.7 Å². The molecule has 0 radical (unpaired) electrons. The zero-order valence-corrected chi connectivity index (χ0v) is 4.42. The predicted octanol–water partition coefficient (Wildman–Crippen LogP) is 1.15. The summed E-state index contributed by atoms with van der Waals surface area (Å²) in [6.45, 7) is -2.08. The molecule has 0 spiro atoms. The van der Waals surface area contributed by atoms with Crippen molar-refractivity contribution in [3.63, 3.8) is 0 Å². The van der Waals surface area contributed by atoms with Gasteiger partial charge in [0.05, 0.1) is 8.03 Å². The summed E-state index contributed by atoms with van der Waals surface area (Å²) in [4.78, 5) is 10.1. The van der Waals surface area contributed by atoms with Crippen molar-refractivity contribution in [2.75, 3.05) is 13.0 Å². The summed E-state index contributed by atoms with van der Waals surface area (Å²) in [6.07, 6.45) is -1.40. The molecule has 8 heavy (non-hydrogen) atoms. The average Bonchev–Trinajstić information content (AvgIpc) is 1.95. The summed E-state index contributed by atoms with van der Waals surface area (Å²) in [5.41, 5.74) is 0. The standard InChI is InChI=1S/C5H10N2O/c8-6-7-4-2-1-3-5-7/h1-5H2/i2D2,4D2. The van der Waals surface area contributed by atoms with Crippen LogP contribution in [0.25, 0.3) is 0 Å². The second kappa shape index (κ2) is 2.64. The number of rotatable bonds is 1. The third-order valence-electron chi connectivity index (χ3n) is 0.978. The summed E-state index contributed by atoms with van der Waals surface area (Å²) < 4.78 is 29.2. The Morgan fingerprint density at radius 3 is 3.12 bits per heavy atom. The van der Waals surface area contributed by atoms with E-state index < -0.39 is 12.9 Å². The van der Waals surface area contributed by atoms with Crippen LogP contribution in [0.2, 0.25) is 0 Å². The fraction of sp³-hybridized carbons (Fsp3) is 1.00. The largest absolute Gasteiger partial charge is 0.261 e. The average molecular weight is 118 g/mol. The van der Waals surface area contributed by atoms with Crippen molar-refractivity contribution < 1.29 is 5.48 Å². The van der Waals surface area contributed by atoms with Crippen LogP contribution in [-0.2, 0) is 0 Å². The van der Waals surface area contributed by atoms with Gasteiger partial charge in [-0.25, -0.2) is 0 Å². The van der Waals surface area contributed by atoms with E-state index in [0.29, 0.717) is 11.4 Å². The molecule has 0 saturated carbocycles. The Hall–Kier alpha value is -0.600. The maximum absolute atomic E-state index is 10.1. The Labute approximate surface area is 54.2 Å². The highest BCUT2D eigenvalue weighted by molar-refractivity contribution is 4.58. The molecule has 1 fully saturated rings. The van der Waals surface area contributed by atoms with Gasteiger partial charge in [0.15, 0.2) is 0 Å². The SMILES string of the molecule is [2H]C1([2H])CCCN(N=O)C1([2H])[2H]. The lowest BCUT2D eigenvalue weighted by Gasteiger charge is -2.19. The van der Waals surface area contributed by atoms with Gasteiger partial charge in [-0.15, -0.1) is 4.91 Å². The monoisotopic (exact) mass is 118 g/mol. The first-order valence-electron chi connectivity index (χ1n) is 4.53. The van der Waals surface area contributed by atoms with Gasteiger partial charge in [-0.05, 0) is 19.2 Å². The minimum Gasteiger partial charge on any atom is -0.261 e. The van der Waals surface area contributed by atoms with Crippen LogP contribution in [0.5, 0.6) is 0 Å². The van der Waals surface area contributed by atoms with E-state index in [1.165, 1.54) is 0 Å². The van der Waals surface area contributed by atoms with E-state index in [-0.39, 0.29) is 13.0 Å². The Morgan fingerprint density at radius 2 is 2.50 bits per heavy atom. The molecule has 0 amide bonds. The molecule has 0 aromatic carbocycles. The van der Waals surface area contributed by atoms with Gasteiger partial charge in [0.25, 0.3) is 0 Å². The molecule has 0 unspecified atom stereocenters. The van der Waals surface area contributed by atoms with Gasteiger partial charge in [0, 0.05) is 15.8 Å². The highest BCUT2D eigenvalue weighted by atomic mass is 16.3. The highest BCUT2D eigenvalue weighted by Gasteiger charge is 2.06. The minimum atomic E-state index is -2.27. The van der Waals surface area contributed by atoms with E-state index >= 15 is 0 Å². The molecule has 0 aromatic heterocycles. The lowest BCUT2D eigenvalue weighted by atomic mass is 10.2. The zero-order chi connectivity index (χ0) is 9.41. The van der Waals surface area contributed by atoms with Crippen molar-refractivity contribution in [3.8, 4) is 0 Å². The molecule has 46 valence electrons. The van der Waals surface area contributed by atoms with Crippen molar-refractivity contribution in [1.82, 2.24) is 5.01 Å². The maximum atomic E-state index is 10.1. The molecule has 1 saturated heterocycles. The van der Waals surface area contributed by atoms with Gasteiger partial charge >= 0.3 is 0 Å². The minimum absolute atomic E-state index is 0.131. The van der Waals surface area contributed by atoms with Crippen molar-refractivity contribution in [2.45, 2.75) is 19.2 Å². The molecular formula is C5H10N2O. The summed E-state index contributed by atoms with van der Waals surface area (Å²) in [5, 5.41) is 3.10. The van der Waals surface area contributed by atoms with Gasteiger partial charge in [-0.3, -0.25) is 5.01 Å². The van der Waals surface area contributed by atoms with Crippen LogP contribution in [0.15, 0.2) is 5.29 Å². The van der Waals surface area contributed by atoms with E-state index in [9.17, 15) is 4.91 Å². The first kappa shape index (κ1) is 2.33. The second-order valence-electron chi connectivity index (χ2n) is 1.60. The van der Waals surface area contributed by atoms with E-state index in [4.69, 9.17) is 5.48 Å². The molecule has 0 atom stereocenters. The number of hydrogen-bond acceptors (Lipinski definition) is 2. The van der Waals surface area contributed by atoms with Crippen molar-refractivity contribution in [1.29, 1.82) is 0 Å². The Bertz CT molecular complexity index is 196. The molecule has 1 heterocycles. The molecular weight excluding hydrogens is 104 g/mol. The fourth-order valence-corrected chi connectivity index (χ4v) is 0.582. The highest BCUT2D eigenvalue weighted by Crippen LogP contribution is 2.07. The molecule has 0 N–H and O–H groups in total. The third kappa shape index (κ3) is 1.18. The van der Waals surface area contributed by atoms with Crippen LogP contribution >= 0.6 is 0 Å². The van der Waals surface area contributed by atoms with E-state index in [2.05, 4.69) is 5.29 Å². The van der Waals surface area contributed by atoms with Crippen molar-refractivity contribution in [3.05, 3.63) is 4.91 Å². The molecule has 0 aromatic rings. The first-order valence-corrected chi connectivity index (χ1v) is 2.53. The smallest absolute Gasteiger partial charge is 0.0523 e.